The fourth-order valence-electron chi connectivity index (χ4n) is 4.22. The Labute approximate surface area is 253 Å². The Morgan fingerprint density at radius 2 is 1.43 bits per heavy atom. The Morgan fingerprint density at radius 1 is 0.864 bits per heavy atom. The van der Waals surface area contributed by atoms with Crippen LogP contribution >= 0.6 is 0 Å². The summed E-state index contributed by atoms with van der Waals surface area (Å²) in [6.07, 6.45) is 0.0432. The Morgan fingerprint density at radius 3 is 2.00 bits per heavy atom. The first-order valence-corrected chi connectivity index (χ1v) is 14.1. The highest BCUT2D eigenvalue weighted by Gasteiger charge is 2.45. The second-order valence-electron chi connectivity index (χ2n) is 9.29. The van der Waals surface area contributed by atoms with Gasteiger partial charge in [-0.15, -0.1) is 0 Å². The molecule has 5 amide bonds. The molecule has 0 aromatic heterocycles. The minimum atomic E-state index is -1.10. The first-order chi connectivity index (χ1) is 21.4. The van der Waals surface area contributed by atoms with E-state index in [9.17, 15) is 24.0 Å². The van der Waals surface area contributed by atoms with Gasteiger partial charge in [0.1, 0.15) is 12.6 Å². The monoisotopic (exact) mass is 620 g/mol. The van der Waals surface area contributed by atoms with Crippen molar-refractivity contribution in [3.8, 4) is 0 Å². The molecular formula is C27H36N6O11. The number of anilines is 1. The summed E-state index contributed by atoms with van der Waals surface area (Å²) in [7, 11) is 0. The van der Waals surface area contributed by atoms with Gasteiger partial charge in [0, 0.05) is 17.9 Å². The summed E-state index contributed by atoms with van der Waals surface area (Å²) in [4.78, 5) is 65.6. The minimum Gasteiger partial charge on any atom is -0.379 e. The lowest BCUT2D eigenvalue weighted by Gasteiger charge is -2.27. The quantitative estimate of drug-likeness (QED) is 0.0596. The predicted molar refractivity (Wildman–Crippen MR) is 151 cm³/mol. The number of ether oxygens (including phenoxy) is 6. The van der Waals surface area contributed by atoms with Gasteiger partial charge in [0.15, 0.2) is 0 Å². The zero-order valence-electron chi connectivity index (χ0n) is 24.2. The van der Waals surface area contributed by atoms with Gasteiger partial charge in [0.2, 0.25) is 17.7 Å². The van der Waals surface area contributed by atoms with Crippen LogP contribution in [0.15, 0.2) is 23.3 Å². The number of carbonyl (C=O) groups excluding carboxylic acids is 5. The molecule has 44 heavy (non-hydrogen) atoms. The molecule has 3 rings (SSSR count). The van der Waals surface area contributed by atoms with Crippen LogP contribution in [-0.2, 0) is 42.8 Å². The van der Waals surface area contributed by atoms with E-state index < -0.39 is 35.6 Å². The lowest BCUT2D eigenvalue weighted by Crippen LogP contribution is -2.54. The molecule has 2 N–H and O–H groups in total. The number of hydrogen-bond donors (Lipinski definition) is 2. The van der Waals surface area contributed by atoms with E-state index in [1.54, 1.807) is 0 Å². The third kappa shape index (κ3) is 10.9. The zero-order valence-corrected chi connectivity index (χ0v) is 24.2. The minimum absolute atomic E-state index is 0.00938. The number of nitrogens with one attached hydrogen (secondary N) is 2. The van der Waals surface area contributed by atoms with Gasteiger partial charge in [-0.3, -0.25) is 34.2 Å². The Balaban J connectivity index is 1.20. The normalized spacial score (nSPS) is 16.1. The molecule has 0 bridgehead atoms. The number of hydrogen-bond acceptors (Lipinski definition) is 12. The molecule has 240 valence electrons. The van der Waals surface area contributed by atoms with Crippen LogP contribution < -0.4 is 10.6 Å². The third-order valence-corrected chi connectivity index (χ3v) is 6.23. The van der Waals surface area contributed by atoms with Crippen molar-refractivity contribution in [1.29, 1.82) is 0 Å². The summed E-state index contributed by atoms with van der Waals surface area (Å²) in [5, 5.41) is 8.07. The first-order valence-electron chi connectivity index (χ1n) is 14.1. The molecule has 0 aliphatic carbocycles. The maximum Gasteiger partial charge on any atom is 0.264 e. The van der Waals surface area contributed by atoms with E-state index in [4.69, 9.17) is 34.0 Å². The van der Waals surface area contributed by atoms with Crippen LogP contribution in [0.1, 0.15) is 33.6 Å². The summed E-state index contributed by atoms with van der Waals surface area (Å²) in [5.41, 5.74) is 8.31. The van der Waals surface area contributed by atoms with Crippen LogP contribution in [0.3, 0.4) is 0 Å². The molecule has 1 aromatic rings. The van der Waals surface area contributed by atoms with Gasteiger partial charge in [-0.1, -0.05) is 11.2 Å². The molecule has 0 spiro atoms. The van der Waals surface area contributed by atoms with E-state index >= 15 is 0 Å². The van der Waals surface area contributed by atoms with Crippen molar-refractivity contribution in [3.63, 3.8) is 0 Å². The maximum atomic E-state index is 13.1. The van der Waals surface area contributed by atoms with Crippen molar-refractivity contribution in [3.05, 3.63) is 39.8 Å². The van der Waals surface area contributed by atoms with Crippen molar-refractivity contribution in [2.24, 2.45) is 5.11 Å². The van der Waals surface area contributed by atoms with Gasteiger partial charge in [0.05, 0.1) is 89.5 Å². The SMILES string of the molecule is [N-]=[N+]=NCCOCCOCCOCCOCCOCCOCC(=O)Nc1cccc2c1C(=O)N(C1CCC(=O)NC1=O)C2=O. The number of azide groups is 1. The lowest BCUT2D eigenvalue weighted by atomic mass is 10.0. The number of benzene rings is 1. The van der Waals surface area contributed by atoms with Crippen molar-refractivity contribution < 1.29 is 52.4 Å². The number of imide groups is 2. The van der Waals surface area contributed by atoms with Crippen LogP contribution in [0.4, 0.5) is 5.69 Å². The van der Waals surface area contributed by atoms with Crippen LogP contribution in [0.2, 0.25) is 0 Å². The lowest BCUT2D eigenvalue weighted by molar-refractivity contribution is -0.136. The highest BCUT2D eigenvalue weighted by Crippen LogP contribution is 2.32. The average molecular weight is 621 g/mol. The van der Waals surface area contributed by atoms with E-state index in [0.717, 1.165) is 4.90 Å². The summed E-state index contributed by atoms with van der Waals surface area (Å²) < 4.78 is 32.0. The van der Waals surface area contributed by atoms with E-state index in [1.807, 2.05) is 0 Å². The third-order valence-electron chi connectivity index (χ3n) is 6.23. The van der Waals surface area contributed by atoms with Crippen LogP contribution in [0, 0.1) is 0 Å². The number of amides is 5. The fraction of sp³-hybridized carbons (Fsp3) is 0.593. The van der Waals surface area contributed by atoms with Gasteiger partial charge >= 0.3 is 0 Å². The average Bonchev–Trinajstić information content (AvgIpc) is 3.26. The topological polar surface area (TPSA) is 217 Å². The molecule has 0 saturated carbocycles. The number of fused-ring (bicyclic) bond motifs is 1. The molecule has 1 saturated heterocycles. The molecular weight excluding hydrogens is 584 g/mol. The van der Waals surface area contributed by atoms with Crippen molar-refractivity contribution >= 4 is 35.2 Å². The molecule has 1 fully saturated rings. The largest absolute Gasteiger partial charge is 0.379 e. The highest BCUT2D eigenvalue weighted by atomic mass is 16.6. The second-order valence-corrected chi connectivity index (χ2v) is 9.29. The number of piperidine rings is 1. The molecule has 2 aliphatic rings. The molecule has 0 radical (unpaired) electrons. The molecule has 17 nitrogen and oxygen atoms in total. The highest BCUT2D eigenvalue weighted by molar-refractivity contribution is 6.26. The van der Waals surface area contributed by atoms with E-state index in [2.05, 4.69) is 20.7 Å². The maximum absolute atomic E-state index is 13.1. The number of nitrogens with zero attached hydrogens (tertiary/aromatic N) is 4. The van der Waals surface area contributed by atoms with Crippen molar-refractivity contribution in [1.82, 2.24) is 10.2 Å². The molecule has 2 aliphatic heterocycles. The summed E-state index contributed by atoms with van der Waals surface area (Å²) in [6.45, 7) is 3.88. The van der Waals surface area contributed by atoms with E-state index in [1.165, 1.54) is 18.2 Å². The smallest absolute Gasteiger partial charge is 0.264 e. The fourth-order valence-corrected chi connectivity index (χ4v) is 4.22. The second kappa shape index (κ2) is 19.3. The van der Waals surface area contributed by atoms with Crippen LogP contribution in [-0.4, -0.2) is 126 Å². The predicted octanol–water partition coefficient (Wildman–Crippen LogP) is 0.436. The van der Waals surface area contributed by atoms with Gasteiger partial charge in [0.25, 0.3) is 11.8 Å². The van der Waals surface area contributed by atoms with Gasteiger partial charge in [-0.25, -0.2) is 0 Å². The van der Waals surface area contributed by atoms with Crippen molar-refractivity contribution in [2.45, 2.75) is 18.9 Å². The Bertz CT molecular complexity index is 1210. The molecule has 1 unspecified atom stereocenters. The standard InChI is InChI=1S/C27H36N6O11/c28-32-29-6-7-39-8-9-40-10-11-41-12-13-42-14-15-43-16-17-44-18-23(35)30-20-3-1-2-19-24(20)27(38)33(26(19)37)21-4-5-22(34)31-25(21)36/h1-3,21H,4-18H2,(H,30,35)(H,31,34,36). The Hall–Kier alpha value is -3.96. The summed E-state index contributed by atoms with van der Waals surface area (Å²) >= 11 is 0. The molecule has 2 heterocycles. The van der Waals surface area contributed by atoms with E-state index in [0.29, 0.717) is 66.0 Å². The number of carbonyl (C=O) groups is 5. The summed E-state index contributed by atoms with van der Waals surface area (Å²) in [5.74, 6) is -3.09. The van der Waals surface area contributed by atoms with Crippen molar-refractivity contribution in [2.75, 3.05) is 91.1 Å². The van der Waals surface area contributed by atoms with Gasteiger partial charge < -0.3 is 33.7 Å². The van der Waals surface area contributed by atoms with Crippen LogP contribution in [0.25, 0.3) is 10.4 Å². The Kier molecular flexibility index (Phi) is 15.2. The van der Waals surface area contributed by atoms with E-state index in [-0.39, 0.29) is 49.5 Å². The van der Waals surface area contributed by atoms with Gasteiger partial charge in [-0.05, 0) is 24.1 Å². The molecule has 1 atom stereocenters. The zero-order chi connectivity index (χ0) is 31.6. The number of rotatable bonds is 22. The first kappa shape index (κ1) is 34.5. The summed E-state index contributed by atoms with van der Waals surface area (Å²) in [6, 6.07) is 3.34. The van der Waals surface area contributed by atoms with Crippen LogP contribution in [0.5, 0.6) is 0 Å². The molecule has 1 aromatic carbocycles. The van der Waals surface area contributed by atoms with Gasteiger partial charge in [-0.2, -0.15) is 0 Å². The molecule has 17 heteroatoms.